The molecule has 0 amide bonds. The van der Waals surface area contributed by atoms with Crippen molar-refractivity contribution in [2.45, 2.75) is 4.90 Å². The second-order valence-electron chi connectivity index (χ2n) is 3.76. The Kier molecular flexibility index (Phi) is 5.04. The third-order valence-electron chi connectivity index (χ3n) is 2.25. The van der Waals surface area contributed by atoms with Crippen LogP contribution in [0.2, 0.25) is 0 Å². The molecule has 0 saturated heterocycles. The first-order valence-electron chi connectivity index (χ1n) is 5.16. The Labute approximate surface area is 113 Å². The Bertz CT molecular complexity index is 612. The zero-order valence-electron chi connectivity index (χ0n) is 10.1. The topological polar surface area (TPSA) is 127 Å². The largest absolute Gasteiger partial charge is 0.478 e. The lowest BCUT2D eigenvalue weighted by atomic mass is 10.2. The van der Waals surface area contributed by atoms with E-state index in [9.17, 15) is 17.4 Å². The Balaban J connectivity index is 3.06. The first-order valence-corrected chi connectivity index (χ1v) is 8.43. The van der Waals surface area contributed by atoms with E-state index >= 15 is 0 Å². The summed E-state index contributed by atoms with van der Waals surface area (Å²) in [6.07, 6.45) is 1.53. The zero-order chi connectivity index (χ0) is 14.6. The Morgan fingerprint density at radius 3 is 2.58 bits per heavy atom. The fraction of sp³-hybridized carbons (Fsp3) is 0.300. The van der Waals surface area contributed by atoms with Crippen LogP contribution in [0, 0.1) is 0 Å². The molecule has 0 aliphatic carbocycles. The van der Waals surface area contributed by atoms with Crippen LogP contribution >= 0.6 is 0 Å². The van der Waals surface area contributed by atoms with Gasteiger partial charge in [0.05, 0.1) is 10.5 Å². The fourth-order valence-electron chi connectivity index (χ4n) is 1.36. The monoisotopic (exact) mass is 306 g/mol. The van der Waals surface area contributed by atoms with Crippen LogP contribution in [0.15, 0.2) is 23.1 Å². The third kappa shape index (κ3) is 4.62. The normalized spacial score (nSPS) is 12.9. The summed E-state index contributed by atoms with van der Waals surface area (Å²) in [5.74, 6) is -0.915. The summed E-state index contributed by atoms with van der Waals surface area (Å²) in [4.78, 5) is 10.8. The molecule has 1 aromatic rings. The molecule has 0 spiro atoms. The quantitative estimate of drug-likeness (QED) is 0.669. The molecule has 1 unspecified atom stereocenters. The summed E-state index contributed by atoms with van der Waals surface area (Å²) in [5.41, 5.74) is 0.0544. The van der Waals surface area contributed by atoms with Crippen LogP contribution in [0.5, 0.6) is 0 Å². The van der Waals surface area contributed by atoms with Crippen molar-refractivity contribution < 1.29 is 22.5 Å². The molecule has 0 heterocycles. The molecule has 0 aliphatic rings. The van der Waals surface area contributed by atoms with Gasteiger partial charge in [0.1, 0.15) is 0 Å². The van der Waals surface area contributed by atoms with Gasteiger partial charge in [-0.15, -0.1) is 0 Å². The molecule has 1 atom stereocenters. The second kappa shape index (κ2) is 6.13. The van der Waals surface area contributed by atoms with Gasteiger partial charge in [-0.1, -0.05) is 0 Å². The highest BCUT2D eigenvalue weighted by Crippen LogP contribution is 2.19. The van der Waals surface area contributed by atoms with Gasteiger partial charge in [0.2, 0.25) is 10.0 Å². The number of nitrogens with two attached hydrogens (primary N) is 1. The molecule has 9 heteroatoms. The van der Waals surface area contributed by atoms with Crippen molar-refractivity contribution in [3.63, 3.8) is 0 Å². The van der Waals surface area contributed by atoms with Crippen molar-refractivity contribution in [2.75, 3.05) is 23.9 Å². The maximum atomic E-state index is 11.1. The van der Waals surface area contributed by atoms with E-state index in [0.29, 0.717) is 12.3 Å². The van der Waals surface area contributed by atoms with Gasteiger partial charge in [0.15, 0.2) is 0 Å². The van der Waals surface area contributed by atoms with E-state index in [4.69, 9.17) is 10.2 Å². The molecular formula is C10H14N2O5S2. The lowest BCUT2D eigenvalue weighted by molar-refractivity contribution is 0.0697. The molecule has 0 fully saturated rings. The minimum atomic E-state index is -3.95. The molecule has 1 aromatic carbocycles. The van der Waals surface area contributed by atoms with E-state index in [1.807, 2.05) is 0 Å². The summed E-state index contributed by atoms with van der Waals surface area (Å²) in [6, 6.07) is 3.53. The number of sulfonamides is 1. The number of carboxylic acid groups (broad SMARTS) is 1. The van der Waals surface area contributed by atoms with Gasteiger partial charge in [-0.3, -0.25) is 4.21 Å². The first kappa shape index (κ1) is 15.6. The number of aromatic carboxylic acids is 1. The van der Waals surface area contributed by atoms with Crippen molar-refractivity contribution in [3.05, 3.63) is 23.8 Å². The number of hydrogen-bond donors (Lipinski definition) is 3. The minimum absolute atomic E-state index is 0.201. The summed E-state index contributed by atoms with van der Waals surface area (Å²) in [7, 11) is -4.95. The Morgan fingerprint density at radius 1 is 1.47 bits per heavy atom. The van der Waals surface area contributed by atoms with Gasteiger partial charge in [0, 0.05) is 35.0 Å². The smallest absolute Gasteiger partial charge is 0.337 e. The van der Waals surface area contributed by atoms with E-state index < -0.39 is 26.8 Å². The van der Waals surface area contributed by atoms with Gasteiger partial charge < -0.3 is 10.4 Å². The van der Waals surface area contributed by atoms with Gasteiger partial charge in [0.25, 0.3) is 0 Å². The van der Waals surface area contributed by atoms with Crippen LogP contribution in [0.4, 0.5) is 5.69 Å². The zero-order valence-corrected chi connectivity index (χ0v) is 11.8. The highest BCUT2D eigenvalue weighted by atomic mass is 32.2. The number of carboxylic acids is 1. The molecule has 0 bridgehead atoms. The maximum absolute atomic E-state index is 11.1. The molecule has 106 valence electrons. The molecule has 7 nitrogen and oxygen atoms in total. The predicted molar refractivity (Wildman–Crippen MR) is 72.2 cm³/mol. The van der Waals surface area contributed by atoms with E-state index in [1.165, 1.54) is 18.4 Å². The van der Waals surface area contributed by atoms with Gasteiger partial charge >= 0.3 is 5.97 Å². The maximum Gasteiger partial charge on any atom is 0.337 e. The molecule has 1 rings (SSSR count). The SMILES string of the molecule is CS(=O)CCNc1ccc(S(N)(=O)=O)cc1C(=O)O. The number of hydrogen-bond acceptors (Lipinski definition) is 5. The van der Waals surface area contributed by atoms with Crippen molar-refractivity contribution >= 4 is 32.5 Å². The fourth-order valence-corrected chi connectivity index (χ4v) is 2.29. The van der Waals surface area contributed by atoms with Gasteiger partial charge in [-0.25, -0.2) is 18.4 Å². The van der Waals surface area contributed by atoms with E-state index in [-0.39, 0.29) is 16.1 Å². The highest BCUT2D eigenvalue weighted by Gasteiger charge is 2.15. The second-order valence-corrected chi connectivity index (χ2v) is 6.88. The summed E-state index contributed by atoms with van der Waals surface area (Å²) < 4.78 is 33.2. The van der Waals surface area contributed by atoms with Crippen LogP contribution in [-0.4, -0.2) is 42.3 Å². The molecule has 0 aromatic heterocycles. The van der Waals surface area contributed by atoms with Gasteiger partial charge in [-0.2, -0.15) is 0 Å². The van der Waals surface area contributed by atoms with E-state index in [1.54, 1.807) is 0 Å². The number of carbonyl (C=O) groups is 1. The summed E-state index contributed by atoms with van der Waals surface area (Å²) in [5, 5.41) is 16.8. The molecular weight excluding hydrogens is 292 g/mol. The number of benzene rings is 1. The highest BCUT2D eigenvalue weighted by molar-refractivity contribution is 7.89. The average molecular weight is 306 g/mol. The van der Waals surface area contributed by atoms with Gasteiger partial charge in [-0.05, 0) is 18.2 Å². The standard InChI is InChI=1S/C10H14N2O5S2/c1-18(15)5-4-12-9-3-2-7(19(11,16)17)6-8(9)10(13)14/h2-3,6,12H,4-5H2,1H3,(H,13,14)(H2,11,16,17). The Hall–Kier alpha value is -1.45. The van der Waals surface area contributed by atoms with Crippen LogP contribution in [0.25, 0.3) is 0 Å². The number of anilines is 1. The molecule has 0 radical (unpaired) electrons. The molecule has 19 heavy (non-hydrogen) atoms. The summed E-state index contributed by atoms with van der Waals surface area (Å²) >= 11 is 0. The van der Waals surface area contributed by atoms with Crippen LogP contribution < -0.4 is 10.5 Å². The van der Waals surface area contributed by atoms with Crippen LogP contribution in [0.3, 0.4) is 0 Å². The number of nitrogens with one attached hydrogen (secondary N) is 1. The third-order valence-corrected chi connectivity index (χ3v) is 3.94. The van der Waals surface area contributed by atoms with Crippen LogP contribution in [-0.2, 0) is 20.8 Å². The predicted octanol–water partition coefficient (Wildman–Crippen LogP) is -0.177. The molecule has 0 saturated carbocycles. The van der Waals surface area contributed by atoms with E-state index in [2.05, 4.69) is 5.32 Å². The van der Waals surface area contributed by atoms with Crippen molar-refractivity contribution in [1.29, 1.82) is 0 Å². The van der Waals surface area contributed by atoms with Crippen LogP contribution in [0.1, 0.15) is 10.4 Å². The number of primary sulfonamides is 1. The van der Waals surface area contributed by atoms with Crippen molar-refractivity contribution in [3.8, 4) is 0 Å². The summed E-state index contributed by atoms with van der Waals surface area (Å²) in [6.45, 7) is 0.318. The minimum Gasteiger partial charge on any atom is -0.478 e. The number of rotatable bonds is 6. The molecule has 4 N–H and O–H groups in total. The van der Waals surface area contributed by atoms with E-state index in [0.717, 1.165) is 6.07 Å². The van der Waals surface area contributed by atoms with Crippen molar-refractivity contribution in [1.82, 2.24) is 0 Å². The van der Waals surface area contributed by atoms with Crippen molar-refractivity contribution in [2.24, 2.45) is 5.14 Å². The molecule has 0 aliphatic heterocycles. The Morgan fingerprint density at radius 2 is 2.11 bits per heavy atom. The lowest BCUT2D eigenvalue weighted by Gasteiger charge is -2.10. The lowest BCUT2D eigenvalue weighted by Crippen LogP contribution is -2.16. The first-order chi connectivity index (χ1) is 8.71. The average Bonchev–Trinajstić information content (AvgIpc) is 2.27.